The monoisotopic (exact) mass is 265 g/mol. The minimum Gasteiger partial charge on any atom is -0.330 e. The molecule has 2 atom stereocenters. The van der Waals surface area contributed by atoms with E-state index in [1.807, 2.05) is 0 Å². The predicted octanol–water partition coefficient (Wildman–Crippen LogP) is 2.06. The number of rotatable bonds is 4. The van der Waals surface area contributed by atoms with Gasteiger partial charge in [-0.25, -0.2) is 0 Å². The van der Waals surface area contributed by atoms with Crippen LogP contribution in [0.15, 0.2) is 0 Å². The maximum Gasteiger partial charge on any atom is 0.0223 e. The summed E-state index contributed by atoms with van der Waals surface area (Å²) in [6.45, 7) is 8.55. The molecule has 3 aliphatic rings. The number of piperazine rings is 1. The Morgan fingerprint density at radius 2 is 2.00 bits per heavy atom. The van der Waals surface area contributed by atoms with Crippen molar-refractivity contribution in [3.05, 3.63) is 0 Å². The molecule has 3 fully saturated rings. The molecule has 3 nitrogen and oxygen atoms in total. The minimum absolute atomic E-state index is 0.517. The molecule has 0 aromatic rings. The van der Waals surface area contributed by atoms with Crippen molar-refractivity contribution in [1.82, 2.24) is 9.80 Å². The highest BCUT2D eigenvalue weighted by Crippen LogP contribution is 2.43. The Balaban J connectivity index is 1.52. The lowest BCUT2D eigenvalue weighted by atomic mass is 9.66. The van der Waals surface area contributed by atoms with Crippen molar-refractivity contribution in [3.8, 4) is 0 Å². The predicted molar refractivity (Wildman–Crippen MR) is 80.2 cm³/mol. The van der Waals surface area contributed by atoms with Gasteiger partial charge in [0.05, 0.1) is 0 Å². The van der Waals surface area contributed by atoms with Gasteiger partial charge in [-0.2, -0.15) is 0 Å². The Hall–Kier alpha value is -0.120. The summed E-state index contributed by atoms with van der Waals surface area (Å²) in [5.41, 5.74) is 6.52. The summed E-state index contributed by atoms with van der Waals surface area (Å²) in [5.74, 6) is 0. The maximum absolute atomic E-state index is 6.00. The van der Waals surface area contributed by atoms with Crippen molar-refractivity contribution >= 4 is 0 Å². The van der Waals surface area contributed by atoms with Gasteiger partial charge in [0.25, 0.3) is 0 Å². The van der Waals surface area contributed by atoms with Crippen LogP contribution in [0.1, 0.15) is 51.9 Å². The number of hydrogen-bond donors (Lipinski definition) is 1. The van der Waals surface area contributed by atoms with E-state index >= 15 is 0 Å². The third kappa shape index (κ3) is 2.84. The average molecular weight is 265 g/mol. The fourth-order valence-electron chi connectivity index (χ4n) is 4.34. The summed E-state index contributed by atoms with van der Waals surface area (Å²) < 4.78 is 0. The topological polar surface area (TPSA) is 32.5 Å². The van der Waals surface area contributed by atoms with E-state index in [4.69, 9.17) is 5.73 Å². The third-order valence-electron chi connectivity index (χ3n) is 6.09. The summed E-state index contributed by atoms with van der Waals surface area (Å²) in [4.78, 5) is 5.49. The van der Waals surface area contributed by atoms with E-state index in [2.05, 4.69) is 16.7 Å². The summed E-state index contributed by atoms with van der Waals surface area (Å²) in [7, 11) is 0. The second-order valence-corrected chi connectivity index (χ2v) is 7.30. The molecule has 2 heterocycles. The van der Waals surface area contributed by atoms with Crippen molar-refractivity contribution in [1.29, 1.82) is 0 Å². The van der Waals surface area contributed by atoms with Crippen LogP contribution in [0.5, 0.6) is 0 Å². The van der Waals surface area contributed by atoms with Crippen LogP contribution in [-0.2, 0) is 0 Å². The van der Waals surface area contributed by atoms with Crippen LogP contribution in [0.3, 0.4) is 0 Å². The quantitative estimate of drug-likeness (QED) is 0.844. The van der Waals surface area contributed by atoms with E-state index in [1.54, 1.807) is 0 Å². The lowest BCUT2D eigenvalue weighted by molar-refractivity contribution is 0.00227. The van der Waals surface area contributed by atoms with E-state index in [9.17, 15) is 0 Å². The van der Waals surface area contributed by atoms with Crippen molar-refractivity contribution in [3.63, 3.8) is 0 Å². The van der Waals surface area contributed by atoms with Crippen LogP contribution >= 0.6 is 0 Å². The first-order valence-electron chi connectivity index (χ1n) is 8.41. The Morgan fingerprint density at radius 1 is 1.16 bits per heavy atom. The van der Waals surface area contributed by atoms with Crippen LogP contribution in [0.4, 0.5) is 0 Å². The molecule has 1 aliphatic carbocycles. The van der Waals surface area contributed by atoms with Gasteiger partial charge in [0, 0.05) is 25.2 Å². The van der Waals surface area contributed by atoms with E-state index in [0.717, 1.165) is 18.6 Å². The SMILES string of the molecule is CC1CN2CCCCC2CN1CCC1(CN)CCC1. The molecular weight excluding hydrogens is 234 g/mol. The first-order valence-corrected chi connectivity index (χ1v) is 8.41. The van der Waals surface area contributed by atoms with E-state index in [-0.39, 0.29) is 0 Å². The normalized spacial score (nSPS) is 35.7. The first-order chi connectivity index (χ1) is 9.22. The molecule has 0 aromatic heterocycles. The average Bonchev–Trinajstić information content (AvgIpc) is 2.38. The number of nitrogens with two attached hydrogens (primary N) is 1. The molecule has 3 heteroatoms. The standard InChI is InChI=1S/C16H31N3/c1-14-11-19-9-3-2-5-15(19)12-18(14)10-8-16(13-17)6-4-7-16/h14-15H,2-13,17H2,1H3. The van der Waals surface area contributed by atoms with E-state index < -0.39 is 0 Å². The van der Waals surface area contributed by atoms with Crippen LogP contribution in [0.25, 0.3) is 0 Å². The molecule has 1 saturated carbocycles. The zero-order chi connectivity index (χ0) is 13.3. The van der Waals surface area contributed by atoms with Gasteiger partial charge in [0.2, 0.25) is 0 Å². The largest absolute Gasteiger partial charge is 0.330 e. The van der Waals surface area contributed by atoms with Crippen molar-refractivity contribution < 1.29 is 0 Å². The molecule has 110 valence electrons. The second kappa shape index (κ2) is 5.71. The highest BCUT2D eigenvalue weighted by molar-refractivity contribution is 4.93. The Labute approximate surface area is 118 Å². The van der Waals surface area contributed by atoms with E-state index in [0.29, 0.717) is 5.41 Å². The van der Waals surface area contributed by atoms with Crippen LogP contribution in [-0.4, -0.2) is 54.6 Å². The van der Waals surface area contributed by atoms with Gasteiger partial charge in [0.15, 0.2) is 0 Å². The Morgan fingerprint density at radius 3 is 2.68 bits per heavy atom. The lowest BCUT2D eigenvalue weighted by Gasteiger charge is -2.49. The van der Waals surface area contributed by atoms with Gasteiger partial charge in [-0.15, -0.1) is 0 Å². The molecule has 0 amide bonds. The fourth-order valence-corrected chi connectivity index (χ4v) is 4.34. The number of piperidine rings is 1. The van der Waals surface area contributed by atoms with Gasteiger partial charge in [-0.05, 0) is 64.1 Å². The number of fused-ring (bicyclic) bond motifs is 1. The second-order valence-electron chi connectivity index (χ2n) is 7.30. The van der Waals surface area contributed by atoms with Crippen molar-refractivity contribution in [2.45, 2.75) is 64.0 Å². The fraction of sp³-hybridized carbons (Fsp3) is 1.00. The molecule has 0 aromatic carbocycles. The van der Waals surface area contributed by atoms with E-state index in [1.165, 1.54) is 71.1 Å². The smallest absolute Gasteiger partial charge is 0.0223 e. The molecule has 2 saturated heterocycles. The Kier molecular flexibility index (Phi) is 4.16. The molecule has 2 N–H and O–H groups in total. The molecule has 0 bridgehead atoms. The van der Waals surface area contributed by atoms with Crippen LogP contribution in [0.2, 0.25) is 0 Å². The summed E-state index contributed by atoms with van der Waals surface area (Å²) >= 11 is 0. The summed E-state index contributed by atoms with van der Waals surface area (Å²) in [6.07, 6.45) is 9.77. The maximum atomic E-state index is 6.00. The molecule has 2 unspecified atom stereocenters. The molecule has 0 spiro atoms. The zero-order valence-corrected chi connectivity index (χ0v) is 12.6. The van der Waals surface area contributed by atoms with Crippen molar-refractivity contribution in [2.75, 3.05) is 32.7 Å². The van der Waals surface area contributed by atoms with Crippen LogP contribution in [0, 0.1) is 5.41 Å². The van der Waals surface area contributed by atoms with Gasteiger partial charge < -0.3 is 5.73 Å². The molecule has 0 radical (unpaired) electrons. The number of hydrogen-bond acceptors (Lipinski definition) is 3. The lowest BCUT2D eigenvalue weighted by Crippen LogP contribution is -2.59. The van der Waals surface area contributed by atoms with Gasteiger partial charge in [-0.3, -0.25) is 9.80 Å². The Bertz CT molecular complexity index is 295. The zero-order valence-electron chi connectivity index (χ0n) is 12.6. The molecular formula is C16H31N3. The molecule has 19 heavy (non-hydrogen) atoms. The minimum atomic E-state index is 0.517. The summed E-state index contributed by atoms with van der Waals surface area (Å²) in [6, 6.07) is 1.59. The van der Waals surface area contributed by atoms with Gasteiger partial charge in [-0.1, -0.05) is 12.8 Å². The molecule has 2 aliphatic heterocycles. The highest BCUT2D eigenvalue weighted by atomic mass is 15.3. The summed E-state index contributed by atoms with van der Waals surface area (Å²) in [5, 5.41) is 0. The first kappa shape index (κ1) is 13.8. The van der Waals surface area contributed by atoms with Gasteiger partial charge >= 0.3 is 0 Å². The number of nitrogens with zero attached hydrogens (tertiary/aromatic N) is 2. The van der Waals surface area contributed by atoms with Crippen molar-refractivity contribution in [2.24, 2.45) is 11.1 Å². The highest BCUT2D eigenvalue weighted by Gasteiger charge is 2.38. The van der Waals surface area contributed by atoms with Crippen LogP contribution < -0.4 is 5.73 Å². The van der Waals surface area contributed by atoms with Gasteiger partial charge in [0.1, 0.15) is 0 Å². The third-order valence-corrected chi connectivity index (χ3v) is 6.09. The molecule has 3 rings (SSSR count).